The third kappa shape index (κ3) is 13.6. The Bertz CT molecular complexity index is 2000. The van der Waals surface area contributed by atoms with Crippen LogP contribution in [0, 0.1) is 6.92 Å². The number of halogens is 4. The number of amides is 2. The zero-order chi connectivity index (χ0) is 40.8. The number of benzene rings is 3. The van der Waals surface area contributed by atoms with Gasteiger partial charge in [0.1, 0.15) is 15.5 Å². The van der Waals surface area contributed by atoms with E-state index in [2.05, 4.69) is 17.7 Å². The Morgan fingerprint density at radius 1 is 0.804 bits per heavy atom. The van der Waals surface area contributed by atoms with Crippen molar-refractivity contribution in [3.63, 3.8) is 0 Å². The monoisotopic (exact) mass is 864 g/mol. The van der Waals surface area contributed by atoms with Crippen LogP contribution in [0.2, 0.25) is 20.1 Å². The van der Waals surface area contributed by atoms with E-state index in [-0.39, 0.29) is 49.7 Å². The number of amidine groups is 1. The van der Waals surface area contributed by atoms with E-state index in [4.69, 9.17) is 56.4 Å². The third-order valence-corrected chi connectivity index (χ3v) is 11.5. The van der Waals surface area contributed by atoms with E-state index < -0.39 is 15.7 Å². The van der Waals surface area contributed by atoms with Crippen LogP contribution in [-0.4, -0.2) is 56.9 Å². The number of nitrogens with one attached hydrogen (secondary N) is 2. The minimum absolute atomic E-state index is 0.0163. The van der Waals surface area contributed by atoms with Crippen LogP contribution in [0.5, 0.6) is 0 Å². The fourth-order valence-electron chi connectivity index (χ4n) is 6.30. The normalized spacial score (nSPS) is 14.5. The number of hydrogen-bond acceptors (Lipinski definition) is 7. The van der Waals surface area contributed by atoms with Crippen molar-refractivity contribution in [1.82, 2.24) is 5.43 Å². The summed E-state index contributed by atoms with van der Waals surface area (Å²) < 4.78 is 23.7. The van der Waals surface area contributed by atoms with Gasteiger partial charge in [0.05, 0.1) is 32.2 Å². The average Bonchev–Trinajstić information content (AvgIpc) is 3.42. The van der Waals surface area contributed by atoms with E-state index in [9.17, 15) is 18.0 Å². The van der Waals surface area contributed by atoms with Gasteiger partial charge in [0.2, 0.25) is 5.91 Å². The lowest BCUT2D eigenvalue weighted by Crippen LogP contribution is -2.36. The average molecular weight is 867 g/mol. The van der Waals surface area contributed by atoms with Crippen molar-refractivity contribution in [1.29, 1.82) is 0 Å². The van der Waals surface area contributed by atoms with Crippen molar-refractivity contribution in [3.8, 4) is 0 Å². The molecule has 15 heteroatoms. The maximum absolute atomic E-state index is 14.1. The summed E-state index contributed by atoms with van der Waals surface area (Å²) >= 11 is 25.9. The van der Waals surface area contributed by atoms with E-state index in [1.54, 1.807) is 24.3 Å². The first-order valence-corrected chi connectivity index (χ1v) is 22.8. The third-order valence-electron chi connectivity index (χ3n) is 9.41. The zero-order valence-corrected chi connectivity index (χ0v) is 36.4. The molecule has 1 fully saturated rings. The Labute approximate surface area is 351 Å². The number of rotatable bonds is 21. The number of anilines is 3. The Morgan fingerprint density at radius 3 is 2.02 bits per heavy atom. The second-order valence-corrected chi connectivity index (χ2v) is 18.0. The first-order valence-electron chi connectivity index (χ1n) is 19.3. The predicted molar refractivity (Wildman–Crippen MR) is 236 cm³/mol. The molecule has 4 rings (SSSR count). The van der Waals surface area contributed by atoms with Crippen molar-refractivity contribution in [2.24, 2.45) is 9.98 Å². The molecule has 1 aliphatic heterocycles. The van der Waals surface area contributed by atoms with Gasteiger partial charge in [0.25, 0.3) is 5.91 Å². The lowest BCUT2D eigenvalue weighted by Gasteiger charge is -2.23. The summed E-state index contributed by atoms with van der Waals surface area (Å²) in [5, 5.41) is 4.92. The molecule has 0 atom stereocenters. The maximum atomic E-state index is 14.1. The van der Waals surface area contributed by atoms with Crippen LogP contribution in [-0.2, 0) is 19.4 Å². The smallest absolute Gasteiger partial charge is 0.299 e. The van der Waals surface area contributed by atoms with Crippen LogP contribution in [0.1, 0.15) is 96.5 Å². The van der Waals surface area contributed by atoms with Crippen molar-refractivity contribution in [2.45, 2.75) is 97.8 Å². The van der Waals surface area contributed by atoms with Crippen LogP contribution < -0.4 is 20.7 Å². The lowest BCUT2D eigenvalue weighted by atomic mass is 10.1. The minimum atomic E-state index is -3.15. The molecule has 0 aliphatic carbocycles. The summed E-state index contributed by atoms with van der Waals surface area (Å²) in [5.41, 5.74) is 5.94. The zero-order valence-electron chi connectivity index (χ0n) is 32.6. The first-order chi connectivity index (χ1) is 26.7. The molecule has 3 aromatic rings. The van der Waals surface area contributed by atoms with E-state index in [1.165, 1.54) is 69.8 Å². The predicted octanol–water partition coefficient (Wildman–Crippen LogP) is 11.5. The highest BCUT2D eigenvalue weighted by Crippen LogP contribution is 2.38. The van der Waals surface area contributed by atoms with E-state index in [0.29, 0.717) is 35.9 Å². The van der Waals surface area contributed by atoms with Gasteiger partial charge >= 0.3 is 0 Å². The van der Waals surface area contributed by atoms with Crippen molar-refractivity contribution < 1.29 is 18.0 Å². The van der Waals surface area contributed by atoms with Crippen LogP contribution in [0.15, 0.2) is 58.5 Å². The fraction of sp³-hybridized carbons (Fsp3) is 0.463. The molecule has 304 valence electrons. The molecule has 10 nitrogen and oxygen atoms in total. The second-order valence-electron chi connectivity index (χ2n) is 14.1. The molecule has 1 saturated heterocycles. The van der Waals surface area contributed by atoms with Gasteiger partial charge in [-0.2, -0.15) is 0 Å². The first kappa shape index (κ1) is 45.4. The number of unbranched alkanes of at least 4 members (excludes halogenated alkanes) is 10. The largest absolute Gasteiger partial charge is 0.371 e. The molecule has 0 radical (unpaired) electrons. The number of hydrazine groups is 1. The van der Waals surface area contributed by atoms with Gasteiger partial charge in [-0.1, -0.05) is 118 Å². The van der Waals surface area contributed by atoms with Gasteiger partial charge < -0.3 is 10.2 Å². The molecule has 1 heterocycles. The molecule has 56 heavy (non-hydrogen) atoms. The van der Waals surface area contributed by atoms with Gasteiger partial charge in [-0.05, 0) is 74.4 Å². The van der Waals surface area contributed by atoms with Crippen molar-refractivity contribution >= 4 is 108 Å². The Hall–Kier alpha value is -3.35. The number of aliphatic imine (C=N–C) groups is 2. The van der Waals surface area contributed by atoms with E-state index >= 15 is 0 Å². The van der Waals surface area contributed by atoms with Gasteiger partial charge in [0, 0.05) is 42.2 Å². The molecule has 1 aliphatic rings. The molecular formula is C41H52Cl4N6O4S. The van der Waals surface area contributed by atoms with E-state index in [1.807, 2.05) is 30.9 Å². The van der Waals surface area contributed by atoms with Crippen LogP contribution >= 0.6 is 46.4 Å². The number of carbonyl (C=O) groups excluding carboxylic acids is 2. The number of sulfone groups is 1. The standard InChI is InChI=1S/C41H52Cl4N6O4S/c1-5-7-8-9-10-11-12-13-14-15-16-17-37(52)46-30-18-20-32(43)36(27-30)48-40-38(41(53)51(49-40)39-33(44)25-29(42)26-34(39)45)47-35-21-19-31(24-28(35)3)50(6-2)22-23-56(4,54)55/h18-21,24-27H,5-17,22-23H2,1-4H3,(H,46,52)(H,48,49). The van der Waals surface area contributed by atoms with E-state index in [0.717, 1.165) is 35.5 Å². The fourth-order valence-corrected chi connectivity index (χ4v) is 8.00. The highest BCUT2D eigenvalue weighted by molar-refractivity contribution is 7.90. The SMILES string of the molecule is CCCCCCCCCCCCCC(=O)Nc1ccc(Cl)c(N=C2NN(c3c(Cl)cc(Cl)cc3Cl)C(=O)C2=Nc2ccc(N(CC)CCS(C)(=O)=O)cc2C)c1. The molecule has 3 aromatic carbocycles. The van der Waals surface area contributed by atoms with Gasteiger partial charge in [-0.3, -0.25) is 15.0 Å². The molecule has 0 aromatic heterocycles. The maximum Gasteiger partial charge on any atom is 0.299 e. The lowest BCUT2D eigenvalue weighted by molar-refractivity contribution is -0.116. The van der Waals surface area contributed by atoms with Crippen LogP contribution in [0.4, 0.5) is 28.4 Å². The topological polar surface area (TPSA) is 124 Å². The van der Waals surface area contributed by atoms with Crippen LogP contribution in [0.3, 0.4) is 0 Å². The van der Waals surface area contributed by atoms with Crippen molar-refractivity contribution in [3.05, 3.63) is 74.2 Å². The quantitative estimate of drug-likeness (QED) is 0.103. The van der Waals surface area contributed by atoms with Crippen LogP contribution in [0.25, 0.3) is 0 Å². The molecular weight excluding hydrogens is 814 g/mol. The molecule has 0 saturated carbocycles. The Balaban J connectivity index is 1.54. The Morgan fingerprint density at radius 2 is 1.43 bits per heavy atom. The molecule has 0 bridgehead atoms. The molecule has 0 unspecified atom stereocenters. The summed E-state index contributed by atoms with van der Waals surface area (Å²) in [7, 11) is -3.15. The van der Waals surface area contributed by atoms with Gasteiger partial charge in [-0.25, -0.2) is 23.4 Å². The second kappa shape index (κ2) is 22.0. The van der Waals surface area contributed by atoms with Gasteiger partial charge in [0.15, 0.2) is 11.5 Å². The highest BCUT2D eigenvalue weighted by Gasteiger charge is 2.37. The summed E-state index contributed by atoms with van der Waals surface area (Å²) in [6, 6.07) is 13.4. The number of carbonyl (C=O) groups is 2. The number of aryl methyl sites for hydroxylation is 1. The molecule has 2 N–H and O–H groups in total. The number of hydrogen-bond donors (Lipinski definition) is 2. The number of nitrogens with zero attached hydrogens (tertiary/aromatic N) is 4. The van der Waals surface area contributed by atoms with Crippen molar-refractivity contribution in [2.75, 3.05) is 40.3 Å². The molecule has 2 amide bonds. The summed E-state index contributed by atoms with van der Waals surface area (Å²) in [5.74, 6) is -0.611. The highest BCUT2D eigenvalue weighted by atomic mass is 35.5. The summed E-state index contributed by atoms with van der Waals surface area (Å²) in [6.07, 6.45) is 14.8. The summed E-state index contributed by atoms with van der Waals surface area (Å²) in [4.78, 5) is 38.4. The molecule has 0 spiro atoms. The Kier molecular flexibility index (Phi) is 17.8. The van der Waals surface area contributed by atoms with Gasteiger partial charge in [-0.15, -0.1) is 0 Å². The summed E-state index contributed by atoms with van der Waals surface area (Å²) in [6.45, 7) is 6.96. The minimum Gasteiger partial charge on any atom is -0.371 e.